The summed E-state index contributed by atoms with van der Waals surface area (Å²) in [7, 11) is 1.90. The number of rotatable bonds is 3. The Hall–Kier alpha value is -3.08. The molecule has 0 bridgehead atoms. The maximum absolute atomic E-state index is 5.94. The highest BCUT2D eigenvalue weighted by Crippen LogP contribution is 2.31. The molecule has 0 aliphatic rings. The van der Waals surface area contributed by atoms with Gasteiger partial charge in [-0.2, -0.15) is 5.10 Å². The molecule has 113 valence electrons. The summed E-state index contributed by atoms with van der Waals surface area (Å²) in [6, 6.07) is 11.7. The Morgan fingerprint density at radius 1 is 1.17 bits per heavy atom. The molecule has 1 radical (unpaired) electrons. The first-order chi connectivity index (χ1) is 11.2. The normalized spacial score (nSPS) is 11.0. The van der Waals surface area contributed by atoms with Crippen molar-refractivity contribution in [3.63, 3.8) is 0 Å². The number of hydrogen-bond acceptors (Lipinski definition) is 3. The maximum atomic E-state index is 5.94. The molecule has 5 heteroatoms. The van der Waals surface area contributed by atoms with Crippen molar-refractivity contribution in [3.8, 4) is 17.3 Å². The largest absolute Gasteiger partial charge is 0.438 e. The third-order valence-corrected chi connectivity index (χ3v) is 3.68. The van der Waals surface area contributed by atoms with Crippen LogP contribution in [0.25, 0.3) is 16.6 Å². The summed E-state index contributed by atoms with van der Waals surface area (Å²) in [6.07, 6.45) is 7.51. The lowest BCUT2D eigenvalue weighted by Gasteiger charge is -2.07. The second-order valence-electron chi connectivity index (χ2n) is 5.35. The van der Waals surface area contributed by atoms with Crippen LogP contribution < -0.4 is 4.74 Å². The van der Waals surface area contributed by atoms with Crippen LogP contribution in [0, 0.1) is 6.92 Å². The average Bonchev–Trinajstić information content (AvgIpc) is 3.14. The molecule has 4 rings (SSSR count). The number of ether oxygens (including phenoxy) is 1. The van der Waals surface area contributed by atoms with Crippen LogP contribution in [-0.4, -0.2) is 19.3 Å². The minimum atomic E-state index is 0.541. The van der Waals surface area contributed by atoms with Gasteiger partial charge in [-0.05, 0) is 36.8 Å². The molecule has 23 heavy (non-hydrogen) atoms. The van der Waals surface area contributed by atoms with Gasteiger partial charge in [-0.25, -0.2) is 4.98 Å². The van der Waals surface area contributed by atoms with Crippen LogP contribution in [0.15, 0.2) is 61.2 Å². The Labute approximate surface area is 133 Å². The molecule has 0 saturated carbocycles. The van der Waals surface area contributed by atoms with Gasteiger partial charge in [-0.15, -0.1) is 0 Å². The van der Waals surface area contributed by atoms with Crippen LogP contribution in [0.1, 0.15) is 5.56 Å². The smallest absolute Gasteiger partial charge is 0.219 e. The lowest BCUT2D eigenvalue weighted by molar-refractivity contribution is 0.468. The molecule has 0 amide bonds. The molecule has 5 nitrogen and oxygen atoms in total. The van der Waals surface area contributed by atoms with E-state index in [0.29, 0.717) is 5.88 Å². The van der Waals surface area contributed by atoms with Gasteiger partial charge in [0.1, 0.15) is 5.75 Å². The zero-order valence-electron chi connectivity index (χ0n) is 12.7. The molecule has 1 aromatic carbocycles. The lowest BCUT2D eigenvalue weighted by atomic mass is 10.2. The van der Waals surface area contributed by atoms with E-state index in [4.69, 9.17) is 4.74 Å². The summed E-state index contributed by atoms with van der Waals surface area (Å²) >= 11 is 0. The molecule has 4 aromatic rings. The Morgan fingerprint density at radius 3 is 2.87 bits per heavy atom. The van der Waals surface area contributed by atoms with Gasteiger partial charge in [0.2, 0.25) is 5.88 Å². The number of pyridine rings is 1. The molecule has 0 atom stereocenters. The molecule has 0 N–H and O–H groups in total. The molecular formula is C18H15N4O. The van der Waals surface area contributed by atoms with Crippen molar-refractivity contribution in [1.82, 2.24) is 19.3 Å². The van der Waals surface area contributed by atoms with Crippen molar-refractivity contribution in [2.75, 3.05) is 0 Å². The minimum absolute atomic E-state index is 0.541. The van der Waals surface area contributed by atoms with E-state index in [1.54, 1.807) is 10.9 Å². The second-order valence-corrected chi connectivity index (χ2v) is 5.35. The Bertz CT molecular complexity index is 984. The summed E-state index contributed by atoms with van der Waals surface area (Å²) in [4.78, 5) is 4.23. The van der Waals surface area contributed by atoms with Gasteiger partial charge in [0.25, 0.3) is 0 Å². The molecule has 3 heterocycles. The molecule has 0 fully saturated rings. The van der Waals surface area contributed by atoms with Crippen molar-refractivity contribution < 1.29 is 4.74 Å². The zero-order chi connectivity index (χ0) is 15.8. The average molecular weight is 303 g/mol. The molecule has 0 aliphatic heterocycles. The minimum Gasteiger partial charge on any atom is -0.438 e. The fourth-order valence-electron chi connectivity index (χ4n) is 2.61. The molecule has 0 saturated heterocycles. The summed E-state index contributed by atoms with van der Waals surface area (Å²) < 4.78 is 9.81. The van der Waals surface area contributed by atoms with Crippen molar-refractivity contribution in [1.29, 1.82) is 0 Å². The lowest BCUT2D eigenvalue weighted by Crippen LogP contribution is -1.91. The van der Waals surface area contributed by atoms with Gasteiger partial charge in [-0.3, -0.25) is 4.68 Å². The van der Waals surface area contributed by atoms with E-state index in [0.717, 1.165) is 27.9 Å². The molecule has 0 aliphatic carbocycles. The van der Waals surface area contributed by atoms with Gasteiger partial charge >= 0.3 is 0 Å². The van der Waals surface area contributed by atoms with Crippen molar-refractivity contribution in [3.05, 3.63) is 73.7 Å². The highest BCUT2D eigenvalue weighted by atomic mass is 16.5. The molecule has 0 unspecified atom stereocenters. The van der Waals surface area contributed by atoms with Crippen molar-refractivity contribution in [2.45, 2.75) is 0 Å². The fourth-order valence-corrected chi connectivity index (χ4v) is 2.61. The predicted molar refractivity (Wildman–Crippen MR) is 88.8 cm³/mol. The van der Waals surface area contributed by atoms with E-state index in [1.807, 2.05) is 56.0 Å². The second kappa shape index (κ2) is 5.28. The summed E-state index contributed by atoms with van der Waals surface area (Å²) in [6.45, 7) is 3.90. The van der Waals surface area contributed by atoms with E-state index in [9.17, 15) is 0 Å². The Balaban J connectivity index is 1.78. The summed E-state index contributed by atoms with van der Waals surface area (Å²) in [5.74, 6) is 1.31. The van der Waals surface area contributed by atoms with Crippen LogP contribution in [0.2, 0.25) is 0 Å². The van der Waals surface area contributed by atoms with Crippen LogP contribution in [-0.2, 0) is 7.05 Å². The fraction of sp³-hybridized carbons (Fsp3) is 0.0556. The van der Waals surface area contributed by atoms with Crippen LogP contribution in [0.3, 0.4) is 0 Å². The van der Waals surface area contributed by atoms with Crippen LogP contribution in [0.5, 0.6) is 11.6 Å². The standard InChI is InChI=1S/C18H15N4O/c1-13-6-8-19-18(10-13)23-17-5-3-4-16-15(17)7-9-22(16)14-11-20-21(2)12-14/h3-12H,1H2,2H3. The predicted octanol–water partition coefficient (Wildman–Crippen LogP) is 3.73. The van der Waals surface area contributed by atoms with E-state index >= 15 is 0 Å². The molecule has 3 aromatic heterocycles. The van der Waals surface area contributed by atoms with Crippen molar-refractivity contribution in [2.24, 2.45) is 7.05 Å². The van der Waals surface area contributed by atoms with Gasteiger partial charge < -0.3 is 9.30 Å². The van der Waals surface area contributed by atoms with E-state index in [2.05, 4.69) is 27.6 Å². The number of aromatic nitrogens is 4. The molecule has 0 spiro atoms. The number of aryl methyl sites for hydroxylation is 1. The van der Waals surface area contributed by atoms with Crippen LogP contribution >= 0.6 is 0 Å². The Morgan fingerprint density at radius 2 is 2.09 bits per heavy atom. The van der Waals surface area contributed by atoms with E-state index < -0.39 is 0 Å². The highest BCUT2D eigenvalue weighted by Gasteiger charge is 2.10. The van der Waals surface area contributed by atoms with Gasteiger partial charge in [0, 0.05) is 37.1 Å². The van der Waals surface area contributed by atoms with Crippen molar-refractivity contribution >= 4 is 10.9 Å². The monoisotopic (exact) mass is 303 g/mol. The third kappa shape index (κ3) is 2.46. The van der Waals surface area contributed by atoms with Gasteiger partial charge in [-0.1, -0.05) is 6.07 Å². The van der Waals surface area contributed by atoms with E-state index in [-0.39, 0.29) is 0 Å². The Kier molecular flexibility index (Phi) is 3.12. The first-order valence-electron chi connectivity index (χ1n) is 7.26. The maximum Gasteiger partial charge on any atom is 0.219 e. The number of nitrogens with zero attached hydrogens (tertiary/aromatic N) is 4. The summed E-state index contributed by atoms with van der Waals surface area (Å²) in [5.41, 5.74) is 2.94. The number of hydrogen-bond donors (Lipinski definition) is 0. The number of benzene rings is 1. The summed E-state index contributed by atoms with van der Waals surface area (Å²) in [5, 5.41) is 5.25. The number of fused-ring (bicyclic) bond motifs is 1. The highest BCUT2D eigenvalue weighted by molar-refractivity contribution is 5.88. The zero-order valence-corrected chi connectivity index (χ0v) is 12.7. The van der Waals surface area contributed by atoms with Crippen LogP contribution in [0.4, 0.5) is 0 Å². The molecular weight excluding hydrogens is 288 g/mol. The van der Waals surface area contributed by atoms with Gasteiger partial charge in [0.15, 0.2) is 0 Å². The topological polar surface area (TPSA) is 44.9 Å². The van der Waals surface area contributed by atoms with E-state index in [1.165, 1.54) is 0 Å². The third-order valence-electron chi connectivity index (χ3n) is 3.68. The quantitative estimate of drug-likeness (QED) is 0.579. The first-order valence-corrected chi connectivity index (χ1v) is 7.26. The SMILES string of the molecule is [CH2]c1ccnc(Oc2cccc3c2ccn3-c2cnn(C)c2)c1. The van der Waals surface area contributed by atoms with Gasteiger partial charge in [0.05, 0.1) is 17.4 Å². The first kappa shape index (κ1) is 13.6.